The molecule has 3 rings (SSSR count). The third kappa shape index (κ3) is 6.10. The maximum atomic E-state index is 13.3. The fourth-order valence-corrected chi connectivity index (χ4v) is 1.67. The minimum absolute atomic E-state index is 0. The first-order valence-corrected chi connectivity index (χ1v) is 6.78. The van der Waals surface area contributed by atoms with Crippen LogP contribution in [0.1, 0.15) is 16.2 Å². The zero-order chi connectivity index (χ0) is 17.5. The molecule has 0 unspecified atom stereocenters. The molecule has 131 valence electrons. The summed E-state index contributed by atoms with van der Waals surface area (Å²) in [5.74, 6) is -2.15. The molecule has 0 aliphatic rings. The number of aryl methyl sites for hydroxylation is 1. The predicted molar refractivity (Wildman–Crippen MR) is 82.2 cm³/mol. The summed E-state index contributed by atoms with van der Waals surface area (Å²) in [7, 11) is 0. The van der Waals surface area contributed by atoms with E-state index in [1.54, 1.807) is 25.1 Å². The Bertz CT molecular complexity index is 848. The number of aromatic nitrogens is 3. The van der Waals surface area contributed by atoms with E-state index in [-0.39, 0.29) is 37.2 Å². The van der Waals surface area contributed by atoms with Gasteiger partial charge in [-0.15, -0.1) is 12.1 Å². The van der Waals surface area contributed by atoms with Gasteiger partial charge < -0.3 is 5.11 Å². The Morgan fingerprint density at radius 3 is 2.44 bits per heavy atom. The van der Waals surface area contributed by atoms with Crippen LogP contribution < -0.4 is 0 Å². The van der Waals surface area contributed by atoms with Gasteiger partial charge in [-0.3, -0.25) is 18.7 Å². The van der Waals surface area contributed by atoms with Crippen LogP contribution in [0.4, 0.5) is 8.78 Å². The molecule has 0 aliphatic carbocycles. The van der Waals surface area contributed by atoms with E-state index in [2.05, 4.69) is 21.0 Å². The van der Waals surface area contributed by atoms with E-state index in [4.69, 9.17) is 5.11 Å². The maximum absolute atomic E-state index is 13.3. The Morgan fingerprint density at radius 1 is 1.16 bits per heavy atom. The molecule has 0 bridgehead atoms. The summed E-state index contributed by atoms with van der Waals surface area (Å²) in [6.45, 7) is 1.77. The summed E-state index contributed by atoms with van der Waals surface area (Å²) in [6.07, 6.45) is 2.97. The average Bonchev–Trinajstić information content (AvgIpc) is 2.56. The van der Waals surface area contributed by atoms with Crippen molar-refractivity contribution < 1.29 is 38.8 Å². The monoisotopic (exact) mass is 521 g/mol. The van der Waals surface area contributed by atoms with Crippen LogP contribution in [0.2, 0.25) is 0 Å². The summed E-state index contributed by atoms with van der Waals surface area (Å²) >= 11 is 0. The SMILES string of the molecule is Cc1ccnc(-c2[c-]cc(F)cc2F)n1.O=C(O)c1ccccn1.[Ir]. The Morgan fingerprint density at radius 2 is 1.92 bits per heavy atom. The second-order valence-corrected chi connectivity index (χ2v) is 4.58. The second kappa shape index (κ2) is 9.66. The van der Waals surface area contributed by atoms with Crippen molar-refractivity contribution in [1.29, 1.82) is 0 Å². The number of carbonyl (C=O) groups is 1. The molecule has 2 heterocycles. The van der Waals surface area contributed by atoms with Crippen LogP contribution in [0, 0.1) is 24.6 Å². The molecular weight excluding hydrogens is 508 g/mol. The van der Waals surface area contributed by atoms with E-state index in [1.807, 2.05) is 0 Å². The zero-order valence-electron chi connectivity index (χ0n) is 12.9. The Labute approximate surface area is 156 Å². The molecule has 25 heavy (non-hydrogen) atoms. The molecule has 1 radical (unpaired) electrons. The number of benzene rings is 1. The first-order chi connectivity index (χ1) is 11.5. The van der Waals surface area contributed by atoms with Gasteiger partial charge in [0.25, 0.3) is 0 Å². The van der Waals surface area contributed by atoms with Gasteiger partial charge in [0.05, 0.1) is 5.82 Å². The molecule has 1 aromatic carbocycles. The summed E-state index contributed by atoms with van der Waals surface area (Å²) in [4.78, 5) is 21.6. The van der Waals surface area contributed by atoms with Crippen LogP contribution in [-0.2, 0) is 20.1 Å². The molecule has 2 aromatic heterocycles. The van der Waals surface area contributed by atoms with Crippen molar-refractivity contribution in [2.45, 2.75) is 6.92 Å². The van der Waals surface area contributed by atoms with Crippen molar-refractivity contribution in [2.24, 2.45) is 0 Å². The quantitative estimate of drug-likeness (QED) is 0.525. The van der Waals surface area contributed by atoms with E-state index >= 15 is 0 Å². The number of halogens is 2. The van der Waals surface area contributed by atoms with E-state index in [1.165, 1.54) is 18.5 Å². The number of pyridine rings is 1. The summed E-state index contributed by atoms with van der Waals surface area (Å²) in [6, 6.07) is 10.8. The van der Waals surface area contributed by atoms with Crippen molar-refractivity contribution in [1.82, 2.24) is 15.0 Å². The molecule has 0 saturated carbocycles. The van der Waals surface area contributed by atoms with Crippen molar-refractivity contribution >= 4 is 5.97 Å². The molecule has 8 heteroatoms. The molecule has 0 atom stereocenters. The fraction of sp³-hybridized carbons (Fsp3) is 0.0588. The Hall–Kier alpha value is -2.57. The Balaban J connectivity index is 0.000000270. The molecule has 1 N–H and O–H groups in total. The average molecular weight is 521 g/mol. The van der Waals surface area contributed by atoms with Gasteiger partial charge in [-0.05, 0) is 25.1 Å². The van der Waals surface area contributed by atoms with Gasteiger partial charge >= 0.3 is 5.97 Å². The minimum atomic E-state index is -0.990. The van der Waals surface area contributed by atoms with Crippen LogP contribution >= 0.6 is 0 Å². The number of rotatable bonds is 2. The first kappa shape index (κ1) is 20.5. The molecule has 3 aromatic rings. The molecule has 0 saturated heterocycles. The van der Waals surface area contributed by atoms with Gasteiger partial charge in [0.1, 0.15) is 5.69 Å². The van der Waals surface area contributed by atoms with Crippen LogP contribution in [0.15, 0.2) is 48.8 Å². The van der Waals surface area contributed by atoms with E-state index < -0.39 is 17.6 Å². The van der Waals surface area contributed by atoms with Crippen molar-refractivity contribution in [3.05, 3.63) is 77.9 Å². The zero-order valence-corrected chi connectivity index (χ0v) is 15.3. The number of nitrogens with zero attached hydrogens (tertiary/aromatic N) is 3. The molecule has 0 fully saturated rings. The third-order valence-corrected chi connectivity index (χ3v) is 2.76. The van der Waals surface area contributed by atoms with Crippen molar-refractivity contribution in [2.75, 3.05) is 0 Å². The van der Waals surface area contributed by atoms with E-state index in [0.717, 1.165) is 17.8 Å². The van der Waals surface area contributed by atoms with Crippen LogP contribution in [0.3, 0.4) is 0 Å². The smallest absolute Gasteiger partial charge is 0.354 e. The topological polar surface area (TPSA) is 76.0 Å². The normalized spacial score (nSPS) is 9.40. The third-order valence-electron chi connectivity index (χ3n) is 2.76. The number of hydrogen-bond donors (Lipinski definition) is 1. The van der Waals surface area contributed by atoms with Gasteiger partial charge in [0.15, 0.2) is 0 Å². The van der Waals surface area contributed by atoms with Gasteiger partial charge in [0.2, 0.25) is 0 Å². The van der Waals surface area contributed by atoms with Gasteiger partial charge in [-0.1, -0.05) is 17.7 Å². The number of carboxylic acid groups (broad SMARTS) is 1. The van der Waals surface area contributed by atoms with Crippen LogP contribution in [0.5, 0.6) is 0 Å². The van der Waals surface area contributed by atoms with Crippen molar-refractivity contribution in [3.8, 4) is 11.4 Å². The first-order valence-electron chi connectivity index (χ1n) is 6.78. The van der Waals surface area contributed by atoms with Gasteiger partial charge in [-0.2, -0.15) is 0 Å². The predicted octanol–water partition coefficient (Wildman–Crippen LogP) is 3.31. The van der Waals surface area contributed by atoms with Crippen LogP contribution in [0.25, 0.3) is 11.4 Å². The second-order valence-electron chi connectivity index (χ2n) is 4.58. The Kier molecular flexibility index (Phi) is 7.91. The van der Waals surface area contributed by atoms with Gasteiger partial charge in [-0.25, -0.2) is 9.78 Å². The largest absolute Gasteiger partial charge is 0.477 e. The maximum Gasteiger partial charge on any atom is 0.354 e. The standard InChI is InChI=1S/C11H7F2N2.C6H5NO2.Ir/c1-7-4-5-14-11(15-7)9-3-2-8(12)6-10(9)13;8-6(9)5-3-1-2-4-7-5;/h2,4-6H,1H3;1-4H,(H,8,9);/q-1;;. The molecule has 0 spiro atoms. The molecule has 5 nitrogen and oxygen atoms in total. The molecule has 0 aliphatic heterocycles. The fourth-order valence-electron chi connectivity index (χ4n) is 1.67. The van der Waals surface area contributed by atoms with Crippen LogP contribution in [-0.4, -0.2) is 26.0 Å². The molecule has 0 amide bonds. The van der Waals surface area contributed by atoms with E-state index in [0.29, 0.717) is 0 Å². The summed E-state index contributed by atoms with van der Waals surface area (Å²) < 4.78 is 25.9. The summed E-state index contributed by atoms with van der Waals surface area (Å²) in [5, 5.41) is 8.32. The molecular formula is C17H12F2IrN3O2-. The number of aromatic carboxylic acids is 1. The number of carboxylic acids is 1. The van der Waals surface area contributed by atoms with Crippen molar-refractivity contribution in [3.63, 3.8) is 0 Å². The number of hydrogen-bond acceptors (Lipinski definition) is 4. The van der Waals surface area contributed by atoms with Gasteiger partial charge in [0, 0.05) is 49.8 Å². The summed E-state index contributed by atoms with van der Waals surface area (Å²) in [5.41, 5.74) is 0.884. The minimum Gasteiger partial charge on any atom is -0.477 e. The van der Waals surface area contributed by atoms with E-state index in [9.17, 15) is 13.6 Å².